The highest BCUT2D eigenvalue weighted by molar-refractivity contribution is 6.31. The highest BCUT2D eigenvalue weighted by atomic mass is 35.5. The van der Waals surface area contributed by atoms with Gasteiger partial charge in [-0.1, -0.05) is 17.7 Å². The standard InChI is InChI=1S/C23H18ClF3N4O3/c1-12-4-6-14(9-16(12)24)29-22(32)15-11-28-31-20(23(25,26)27)10-17(30-21(15)31)13-5-7-18(33-2)19(8-13)34-3/h4-11H,1-3H3,(H,29,32). The number of fused-ring (bicyclic) bond motifs is 1. The van der Waals surface area contributed by atoms with Crippen LogP contribution in [0, 0.1) is 6.92 Å². The van der Waals surface area contributed by atoms with E-state index in [9.17, 15) is 18.0 Å². The lowest BCUT2D eigenvalue weighted by atomic mass is 10.1. The lowest BCUT2D eigenvalue weighted by molar-refractivity contribution is -0.142. The zero-order chi connectivity index (χ0) is 24.6. The lowest BCUT2D eigenvalue weighted by Crippen LogP contribution is -2.16. The number of aryl methyl sites for hydroxylation is 1. The van der Waals surface area contributed by atoms with Crippen LogP contribution in [0.3, 0.4) is 0 Å². The van der Waals surface area contributed by atoms with Crippen LogP contribution in [0.15, 0.2) is 48.7 Å². The molecule has 1 N–H and O–H groups in total. The molecule has 2 aromatic carbocycles. The van der Waals surface area contributed by atoms with Crippen LogP contribution in [0.25, 0.3) is 16.9 Å². The number of alkyl halides is 3. The van der Waals surface area contributed by atoms with Crippen molar-refractivity contribution in [3.05, 3.63) is 70.5 Å². The average Bonchev–Trinajstić information content (AvgIpc) is 3.23. The molecule has 0 radical (unpaired) electrons. The number of ether oxygens (including phenoxy) is 2. The summed E-state index contributed by atoms with van der Waals surface area (Å²) >= 11 is 6.10. The largest absolute Gasteiger partial charge is 0.493 e. The summed E-state index contributed by atoms with van der Waals surface area (Å²) < 4.78 is 52.6. The number of hydrogen-bond acceptors (Lipinski definition) is 5. The summed E-state index contributed by atoms with van der Waals surface area (Å²) in [6.45, 7) is 1.80. The van der Waals surface area contributed by atoms with Crippen molar-refractivity contribution in [1.29, 1.82) is 0 Å². The van der Waals surface area contributed by atoms with E-state index in [-0.39, 0.29) is 16.9 Å². The Balaban J connectivity index is 1.84. The molecule has 0 spiro atoms. The Bertz CT molecular complexity index is 1400. The zero-order valence-electron chi connectivity index (χ0n) is 18.2. The van der Waals surface area contributed by atoms with Gasteiger partial charge in [0.05, 0.1) is 26.1 Å². The summed E-state index contributed by atoms with van der Waals surface area (Å²) in [7, 11) is 2.86. The van der Waals surface area contributed by atoms with Gasteiger partial charge in [0.15, 0.2) is 22.8 Å². The number of hydrogen-bond donors (Lipinski definition) is 1. The molecule has 4 rings (SSSR count). The summed E-state index contributed by atoms with van der Waals surface area (Å²) in [6.07, 6.45) is -3.71. The van der Waals surface area contributed by atoms with Crippen molar-refractivity contribution in [2.75, 3.05) is 19.5 Å². The summed E-state index contributed by atoms with van der Waals surface area (Å²) in [4.78, 5) is 17.2. The maximum Gasteiger partial charge on any atom is 0.433 e. The number of halogens is 4. The van der Waals surface area contributed by atoms with Crippen LogP contribution in [-0.2, 0) is 6.18 Å². The number of methoxy groups -OCH3 is 2. The van der Waals surface area contributed by atoms with Crippen molar-refractivity contribution in [3.63, 3.8) is 0 Å². The second kappa shape index (κ2) is 8.86. The smallest absolute Gasteiger partial charge is 0.433 e. The number of aromatic nitrogens is 3. The Labute approximate surface area is 197 Å². The molecule has 0 fully saturated rings. The molecule has 2 heterocycles. The number of nitrogens with one attached hydrogen (secondary N) is 1. The Morgan fingerprint density at radius 1 is 1.06 bits per heavy atom. The van der Waals surface area contributed by atoms with Crippen LogP contribution in [0.1, 0.15) is 21.6 Å². The van der Waals surface area contributed by atoms with Gasteiger partial charge in [0, 0.05) is 16.3 Å². The van der Waals surface area contributed by atoms with E-state index in [1.54, 1.807) is 37.3 Å². The highest BCUT2D eigenvalue weighted by Gasteiger charge is 2.36. The van der Waals surface area contributed by atoms with Gasteiger partial charge < -0.3 is 14.8 Å². The van der Waals surface area contributed by atoms with Crippen molar-refractivity contribution in [2.24, 2.45) is 0 Å². The Hall–Kier alpha value is -3.79. The first-order valence-electron chi connectivity index (χ1n) is 9.88. The summed E-state index contributed by atoms with van der Waals surface area (Å²) in [5.74, 6) is 0.0440. The second-order valence-electron chi connectivity index (χ2n) is 7.31. The Morgan fingerprint density at radius 2 is 1.79 bits per heavy atom. The molecule has 34 heavy (non-hydrogen) atoms. The van der Waals surface area contributed by atoms with Crippen LogP contribution in [0.5, 0.6) is 11.5 Å². The zero-order valence-corrected chi connectivity index (χ0v) is 19.0. The van der Waals surface area contributed by atoms with Gasteiger partial charge in [-0.3, -0.25) is 4.79 Å². The lowest BCUT2D eigenvalue weighted by Gasteiger charge is -2.13. The molecule has 0 saturated carbocycles. The van der Waals surface area contributed by atoms with Crippen molar-refractivity contribution >= 4 is 28.8 Å². The predicted molar refractivity (Wildman–Crippen MR) is 121 cm³/mol. The number of carbonyl (C=O) groups is 1. The van der Waals surface area contributed by atoms with Crippen molar-refractivity contribution in [1.82, 2.24) is 14.6 Å². The van der Waals surface area contributed by atoms with Gasteiger partial charge in [-0.25, -0.2) is 9.50 Å². The average molecular weight is 491 g/mol. The molecule has 0 atom stereocenters. The highest BCUT2D eigenvalue weighted by Crippen LogP contribution is 2.36. The van der Waals surface area contributed by atoms with Crippen molar-refractivity contribution in [3.8, 4) is 22.8 Å². The summed E-state index contributed by atoms with van der Waals surface area (Å²) in [5, 5.41) is 6.83. The number of anilines is 1. The monoisotopic (exact) mass is 490 g/mol. The maximum absolute atomic E-state index is 13.9. The van der Waals surface area contributed by atoms with Gasteiger partial charge in [-0.15, -0.1) is 0 Å². The van der Waals surface area contributed by atoms with Crippen molar-refractivity contribution in [2.45, 2.75) is 13.1 Å². The van der Waals surface area contributed by atoms with Gasteiger partial charge in [0.2, 0.25) is 0 Å². The molecular formula is C23H18ClF3N4O3. The molecule has 0 aliphatic carbocycles. The molecule has 4 aromatic rings. The fourth-order valence-electron chi connectivity index (χ4n) is 3.34. The van der Waals surface area contributed by atoms with E-state index in [1.807, 2.05) is 0 Å². The van der Waals surface area contributed by atoms with E-state index in [4.69, 9.17) is 21.1 Å². The van der Waals surface area contributed by atoms with Crippen LogP contribution in [0.4, 0.5) is 18.9 Å². The number of benzene rings is 2. The first-order valence-corrected chi connectivity index (χ1v) is 10.3. The Morgan fingerprint density at radius 3 is 2.44 bits per heavy atom. The van der Waals surface area contributed by atoms with Gasteiger partial charge in [-0.05, 0) is 48.9 Å². The summed E-state index contributed by atoms with van der Waals surface area (Å²) in [5.41, 5.74) is 0.0375. The normalized spacial score (nSPS) is 11.5. The van der Waals surface area contributed by atoms with E-state index < -0.39 is 17.8 Å². The minimum atomic E-state index is -4.75. The van der Waals surface area contributed by atoms with Crippen molar-refractivity contribution < 1.29 is 27.4 Å². The fourth-order valence-corrected chi connectivity index (χ4v) is 3.52. The predicted octanol–water partition coefficient (Wildman–Crippen LogP) is 5.65. The van der Waals surface area contributed by atoms with Crippen LogP contribution < -0.4 is 14.8 Å². The quantitative estimate of drug-likeness (QED) is 0.391. The fraction of sp³-hybridized carbons (Fsp3) is 0.174. The number of amides is 1. The minimum absolute atomic E-state index is 0.0197. The van der Waals surface area contributed by atoms with E-state index in [2.05, 4.69) is 15.4 Å². The van der Waals surface area contributed by atoms with E-state index in [1.165, 1.54) is 20.3 Å². The molecule has 2 aromatic heterocycles. The molecule has 176 valence electrons. The van der Waals surface area contributed by atoms with Crippen LogP contribution in [-0.4, -0.2) is 34.7 Å². The van der Waals surface area contributed by atoms with Gasteiger partial charge in [-0.2, -0.15) is 18.3 Å². The molecule has 0 aliphatic rings. The number of carbonyl (C=O) groups excluding carboxylic acids is 1. The molecule has 0 saturated heterocycles. The van der Waals surface area contributed by atoms with E-state index >= 15 is 0 Å². The van der Waals surface area contributed by atoms with Crippen LogP contribution in [0.2, 0.25) is 5.02 Å². The molecule has 7 nitrogen and oxygen atoms in total. The van der Waals surface area contributed by atoms with E-state index in [0.29, 0.717) is 32.3 Å². The molecule has 11 heteroatoms. The van der Waals surface area contributed by atoms with Crippen LogP contribution >= 0.6 is 11.6 Å². The summed E-state index contributed by atoms with van der Waals surface area (Å²) in [6, 6.07) is 10.4. The molecule has 0 unspecified atom stereocenters. The molecule has 1 amide bonds. The minimum Gasteiger partial charge on any atom is -0.493 e. The third-order valence-corrected chi connectivity index (χ3v) is 5.52. The number of rotatable bonds is 5. The third kappa shape index (κ3) is 4.36. The maximum atomic E-state index is 13.9. The number of nitrogens with zero attached hydrogens (tertiary/aromatic N) is 3. The first-order chi connectivity index (χ1) is 16.1. The van der Waals surface area contributed by atoms with Gasteiger partial charge in [0.1, 0.15) is 5.56 Å². The molecule has 0 bridgehead atoms. The van der Waals surface area contributed by atoms with Gasteiger partial charge >= 0.3 is 6.18 Å². The third-order valence-electron chi connectivity index (χ3n) is 5.12. The molecular weight excluding hydrogens is 473 g/mol. The second-order valence-corrected chi connectivity index (χ2v) is 7.71. The SMILES string of the molecule is COc1ccc(-c2cc(C(F)(F)F)n3ncc(C(=O)Nc4ccc(C)c(Cl)c4)c3n2)cc1OC. The molecule has 0 aliphatic heterocycles. The van der Waals surface area contributed by atoms with E-state index in [0.717, 1.165) is 17.8 Å². The Kier molecular flexibility index (Phi) is 6.09. The first kappa shape index (κ1) is 23.4. The topological polar surface area (TPSA) is 77.8 Å². The van der Waals surface area contributed by atoms with Gasteiger partial charge in [0.25, 0.3) is 5.91 Å².